The molecular weight excluding hydrogens is 312 g/mol. The molecule has 2 rings (SSSR count). The van der Waals surface area contributed by atoms with E-state index in [1.54, 1.807) is 7.11 Å². The van der Waals surface area contributed by atoms with Gasteiger partial charge in [-0.05, 0) is 41.4 Å². The summed E-state index contributed by atoms with van der Waals surface area (Å²) in [5, 5.41) is 5.64. The third-order valence-electron chi connectivity index (χ3n) is 3.34. The highest BCUT2D eigenvalue weighted by Crippen LogP contribution is 2.25. The van der Waals surface area contributed by atoms with Gasteiger partial charge in [0.2, 0.25) is 0 Å². The maximum atomic E-state index is 5.05. The molecule has 0 amide bonds. The third-order valence-corrected chi connectivity index (χ3v) is 5.03. The van der Waals surface area contributed by atoms with E-state index in [0.717, 1.165) is 26.2 Å². The first kappa shape index (κ1) is 14.5. The van der Waals surface area contributed by atoms with Gasteiger partial charge in [-0.25, -0.2) is 0 Å². The minimum Gasteiger partial charge on any atom is -0.383 e. The van der Waals surface area contributed by atoms with Crippen molar-refractivity contribution in [2.75, 3.05) is 33.4 Å². The van der Waals surface area contributed by atoms with Crippen LogP contribution in [0.25, 0.3) is 0 Å². The first-order valence-corrected chi connectivity index (χ1v) is 8.13. The third kappa shape index (κ3) is 4.31. The largest absolute Gasteiger partial charge is 0.383 e. The number of rotatable bonds is 7. The van der Waals surface area contributed by atoms with Crippen LogP contribution in [0.5, 0.6) is 0 Å². The number of nitrogens with one attached hydrogen (secondary N) is 1. The zero-order valence-corrected chi connectivity index (χ0v) is 13.2. The maximum Gasteiger partial charge on any atom is 0.0587 e. The Hall–Kier alpha value is 0.0600. The minimum atomic E-state index is 0.683. The monoisotopic (exact) mass is 332 g/mol. The van der Waals surface area contributed by atoms with Gasteiger partial charge in [0.1, 0.15) is 0 Å². The Bertz CT molecular complexity index is 359. The zero-order chi connectivity index (χ0) is 12.8. The zero-order valence-electron chi connectivity index (χ0n) is 10.8. The van der Waals surface area contributed by atoms with E-state index < -0.39 is 0 Å². The topological polar surface area (TPSA) is 24.5 Å². The van der Waals surface area contributed by atoms with Crippen molar-refractivity contribution < 1.29 is 4.74 Å². The lowest BCUT2D eigenvalue weighted by molar-refractivity contribution is 0.191. The van der Waals surface area contributed by atoms with Gasteiger partial charge in [-0.2, -0.15) is 0 Å². The van der Waals surface area contributed by atoms with Crippen molar-refractivity contribution in [3.05, 3.63) is 20.8 Å². The number of hydrogen-bond acceptors (Lipinski definition) is 4. The molecule has 0 spiro atoms. The molecule has 102 valence electrons. The van der Waals surface area contributed by atoms with Gasteiger partial charge in [-0.1, -0.05) is 0 Å². The van der Waals surface area contributed by atoms with Crippen LogP contribution in [0.3, 0.4) is 0 Å². The summed E-state index contributed by atoms with van der Waals surface area (Å²) in [5.74, 6) is 0. The van der Waals surface area contributed by atoms with Gasteiger partial charge in [-0.15, -0.1) is 11.3 Å². The van der Waals surface area contributed by atoms with Crippen LogP contribution in [-0.2, 0) is 11.3 Å². The molecule has 1 aromatic heterocycles. The molecule has 3 nitrogen and oxygen atoms in total. The number of methoxy groups -OCH3 is 1. The lowest BCUT2D eigenvalue weighted by Crippen LogP contribution is -2.38. The molecule has 0 aromatic carbocycles. The average Bonchev–Trinajstić information content (AvgIpc) is 2.95. The predicted molar refractivity (Wildman–Crippen MR) is 80.2 cm³/mol. The van der Waals surface area contributed by atoms with Crippen molar-refractivity contribution in [3.8, 4) is 0 Å². The summed E-state index contributed by atoms with van der Waals surface area (Å²) in [4.78, 5) is 4.05. The fraction of sp³-hybridized carbons (Fsp3) is 0.692. The molecular formula is C13H21BrN2OS. The Kier molecular flexibility index (Phi) is 6.11. The second-order valence-electron chi connectivity index (χ2n) is 4.69. The van der Waals surface area contributed by atoms with Crippen molar-refractivity contribution in [2.45, 2.75) is 25.4 Å². The summed E-state index contributed by atoms with van der Waals surface area (Å²) in [5.41, 5.74) is 0. The van der Waals surface area contributed by atoms with Gasteiger partial charge >= 0.3 is 0 Å². The molecule has 18 heavy (non-hydrogen) atoms. The van der Waals surface area contributed by atoms with Gasteiger partial charge in [0.05, 0.1) is 6.61 Å². The molecule has 1 saturated heterocycles. The smallest absolute Gasteiger partial charge is 0.0587 e. The SMILES string of the molecule is COCCNCC1CCCN1Cc1cc(Br)cs1. The summed E-state index contributed by atoms with van der Waals surface area (Å²) in [6, 6.07) is 2.92. The molecule has 1 aliphatic heterocycles. The molecule has 0 radical (unpaired) electrons. The minimum absolute atomic E-state index is 0.683. The van der Waals surface area contributed by atoms with Gasteiger partial charge in [0.25, 0.3) is 0 Å². The summed E-state index contributed by atoms with van der Waals surface area (Å²) in [6.45, 7) is 5.14. The van der Waals surface area contributed by atoms with Crippen LogP contribution >= 0.6 is 27.3 Å². The quantitative estimate of drug-likeness (QED) is 0.777. The Labute approximate surface area is 122 Å². The van der Waals surface area contributed by atoms with Crippen molar-refractivity contribution in [2.24, 2.45) is 0 Å². The number of ether oxygens (including phenoxy) is 1. The van der Waals surface area contributed by atoms with Crippen LogP contribution in [-0.4, -0.2) is 44.3 Å². The van der Waals surface area contributed by atoms with Gasteiger partial charge in [0.15, 0.2) is 0 Å². The van der Waals surface area contributed by atoms with Gasteiger partial charge in [0, 0.05) is 47.5 Å². The highest BCUT2D eigenvalue weighted by atomic mass is 79.9. The average molecular weight is 333 g/mol. The van der Waals surface area contributed by atoms with Crippen LogP contribution in [0.1, 0.15) is 17.7 Å². The van der Waals surface area contributed by atoms with Crippen molar-refractivity contribution in [1.29, 1.82) is 0 Å². The molecule has 2 heterocycles. The fourth-order valence-corrected chi connectivity index (χ4v) is 3.89. The van der Waals surface area contributed by atoms with Crippen molar-refractivity contribution in [1.82, 2.24) is 10.2 Å². The highest BCUT2D eigenvalue weighted by Gasteiger charge is 2.24. The van der Waals surface area contributed by atoms with Crippen LogP contribution in [0, 0.1) is 0 Å². The Morgan fingerprint density at radius 1 is 1.61 bits per heavy atom. The van der Waals surface area contributed by atoms with Crippen molar-refractivity contribution in [3.63, 3.8) is 0 Å². The Morgan fingerprint density at radius 2 is 2.50 bits per heavy atom. The van der Waals surface area contributed by atoms with Crippen molar-refractivity contribution >= 4 is 27.3 Å². The molecule has 1 atom stereocenters. The second-order valence-corrected chi connectivity index (χ2v) is 6.61. The molecule has 0 saturated carbocycles. The van der Waals surface area contributed by atoms with Crippen LogP contribution in [0.2, 0.25) is 0 Å². The van der Waals surface area contributed by atoms with Gasteiger partial charge < -0.3 is 10.1 Å². The first-order chi connectivity index (χ1) is 8.79. The van der Waals surface area contributed by atoms with E-state index >= 15 is 0 Å². The van der Waals surface area contributed by atoms with Gasteiger partial charge in [-0.3, -0.25) is 4.90 Å². The number of thiophene rings is 1. The Morgan fingerprint density at radius 3 is 3.22 bits per heavy atom. The van der Waals surface area contributed by atoms with E-state index in [1.807, 2.05) is 11.3 Å². The predicted octanol–water partition coefficient (Wildman–Crippen LogP) is 2.71. The number of halogens is 1. The lowest BCUT2D eigenvalue weighted by Gasteiger charge is -2.24. The Balaban J connectivity index is 1.76. The molecule has 5 heteroatoms. The highest BCUT2D eigenvalue weighted by molar-refractivity contribution is 9.10. The van der Waals surface area contributed by atoms with Crippen LogP contribution in [0.4, 0.5) is 0 Å². The summed E-state index contributed by atoms with van der Waals surface area (Å²) in [7, 11) is 1.75. The van der Waals surface area contributed by atoms with Crippen LogP contribution < -0.4 is 5.32 Å². The number of likely N-dealkylation sites (tertiary alicyclic amines) is 1. The van der Waals surface area contributed by atoms with E-state index in [0.29, 0.717) is 6.04 Å². The molecule has 1 aliphatic rings. The van der Waals surface area contributed by atoms with E-state index in [9.17, 15) is 0 Å². The van der Waals surface area contributed by atoms with E-state index in [2.05, 4.69) is 37.6 Å². The summed E-state index contributed by atoms with van der Waals surface area (Å²) < 4.78 is 6.26. The standard InChI is InChI=1S/C13H21BrN2OS/c1-17-6-4-15-8-12-3-2-5-16(12)9-13-7-11(14)10-18-13/h7,10,12,15H,2-6,8-9H2,1H3. The molecule has 1 unspecified atom stereocenters. The molecule has 0 aliphatic carbocycles. The molecule has 0 bridgehead atoms. The number of nitrogens with zero attached hydrogens (tertiary/aromatic N) is 1. The summed E-state index contributed by atoms with van der Waals surface area (Å²) in [6.07, 6.45) is 2.63. The lowest BCUT2D eigenvalue weighted by atomic mass is 10.2. The van der Waals surface area contributed by atoms with E-state index in [-0.39, 0.29) is 0 Å². The molecule has 1 N–H and O–H groups in total. The van der Waals surface area contributed by atoms with E-state index in [4.69, 9.17) is 4.74 Å². The normalized spacial score (nSPS) is 20.7. The van der Waals surface area contributed by atoms with E-state index in [1.165, 1.54) is 28.7 Å². The maximum absolute atomic E-state index is 5.05. The number of hydrogen-bond donors (Lipinski definition) is 1. The second kappa shape index (κ2) is 7.60. The molecule has 1 aromatic rings. The summed E-state index contributed by atoms with van der Waals surface area (Å²) >= 11 is 5.36. The molecule has 1 fully saturated rings. The fourth-order valence-electron chi connectivity index (χ4n) is 2.41. The van der Waals surface area contributed by atoms with Crippen LogP contribution in [0.15, 0.2) is 15.9 Å². The first-order valence-electron chi connectivity index (χ1n) is 6.46.